The van der Waals surface area contributed by atoms with Crippen LogP contribution in [0.4, 0.5) is 11.5 Å². The van der Waals surface area contributed by atoms with Gasteiger partial charge < -0.3 is 9.64 Å². The Morgan fingerprint density at radius 2 is 2.40 bits per heavy atom. The first-order valence-corrected chi connectivity index (χ1v) is 5.95. The third-order valence-corrected chi connectivity index (χ3v) is 3.21. The molecule has 8 nitrogen and oxygen atoms in total. The van der Waals surface area contributed by atoms with Gasteiger partial charge in [0.15, 0.2) is 0 Å². The Morgan fingerprint density at radius 1 is 1.65 bits per heavy atom. The van der Waals surface area contributed by atoms with Crippen molar-refractivity contribution >= 4 is 17.5 Å². The number of nitriles is 1. The first kappa shape index (κ1) is 13.7. The minimum absolute atomic E-state index is 0.228. The molecule has 1 atom stereocenters. The van der Waals surface area contributed by atoms with Crippen LogP contribution in [0.15, 0.2) is 12.1 Å². The normalized spacial score (nSPS) is 17.6. The quantitative estimate of drug-likeness (QED) is 0.457. The van der Waals surface area contributed by atoms with Gasteiger partial charge in [0.1, 0.15) is 11.9 Å². The molecule has 0 spiro atoms. The Bertz CT molecular complexity index is 596. The zero-order valence-electron chi connectivity index (χ0n) is 10.8. The number of nitrogens with zero attached hydrogens (tertiary/aromatic N) is 4. The lowest BCUT2D eigenvalue weighted by Crippen LogP contribution is -2.24. The van der Waals surface area contributed by atoms with Crippen LogP contribution in [-0.2, 0) is 9.53 Å². The second kappa shape index (κ2) is 5.52. The maximum absolute atomic E-state index is 11.4. The molecule has 0 saturated carbocycles. The largest absolute Gasteiger partial charge is 0.469 e. The Hall–Kier alpha value is -2.69. The summed E-state index contributed by atoms with van der Waals surface area (Å²) in [6.07, 6.45) is 0.632. The van der Waals surface area contributed by atoms with Crippen LogP contribution in [0.1, 0.15) is 12.1 Å². The van der Waals surface area contributed by atoms with E-state index in [-0.39, 0.29) is 23.3 Å². The Kier molecular flexibility index (Phi) is 3.79. The molecule has 1 aliphatic rings. The summed E-state index contributed by atoms with van der Waals surface area (Å²) >= 11 is 0. The summed E-state index contributed by atoms with van der Waals surface area (Å²) in [4.78, 5) is 27.3. The molecule has 20 heavy (non-hydrogen) atoms. The number of methoxy groups -OCH3 is 1. The Morgan fingerprint density at radius 3 is 3.00 bits per heavy atom. The van der Waals surface area contributed by atoms with Gasteiger partial charge >= 0.3 is 11.7 Å². The smallest absolute Gasteiger partial charge is 0.310 e. The zero-order valence-corrected chi connectivity index (χ0v) is 10.8. The number of hydrogen-bond acceptors (Lipinski definition) is 7. The Balaban J connectivity index is 2.21. The fourth-order valence-corrected chi connectivity index (χ4v) is 2.17. The molecule has 1 unspecified atom stereocenters. The highest BCUT2D eigenvalue weighted by Gasteiger charge is 2.30. The van der Waals surface area contributed by atoms with Gasteiger partial charge in [-0.1, -0.05) is 0 Å². The van der Waals surface area contributed by atoms with Gasteiger partial charge in [-0.05, 0) is 12.5 Å². The molecule has 0 amide bonds. The molecule has 0 aliphatic carbocycles. The minimum atomic E-state index is -0.642. The number of carbonyl (C=O) groups excluding carboxylic acids is 1. The molecular weight excluding hydrogens is 264 g/mol. The summed E-state index contributed by atoms with van der Waals surface area (Å²) in [5, 5.41) is 19.6. The van der Waals surface area contributed by atoms with Gasteiger partial charge in [0.05, 0.1) is 18.0 Å². The topological polar surface area (TPSA) is 109 Å². The van der Waals surface area contributed by atoms with Crippen LogP contribution in [0.5, 0.6) is 0 Å². The molecule has 1 aromatic rings. The average molecular weight is 276 g/mol. The van der Waals surface area contributed by atoms with E-state index in [0.717, 1.165) is 0 Å². The number of rotatable bonds is 3. The van der Waals surface area contributed by atoms with E-state index in [1.165, 1.54) is 19.2 Å². The van der Waals surface area contributed by atoms with E-state index >= 15 is 0 Å². The number of nitro groups is 1. The number of aromatic nitrogens is 1. The van der Waals surface area contributed by atoms with Gasteiger partial charge in [-0.25, -0.2) is 4.98 Å². The molecule has 1 saturated heterocycles. The molecule has 1 aliphatic heterocycles. The molecule has 0 aromatic carbocycles. The molecule has 0 bridgehead atoms. The number of carbonyl (C=O) groups is 1. The maximum atomic E-state index is 11.4. The van der Waals surface area contributed by atoms with Crippen molar-refractivity contribution in [1.82, 2.24) is 4.98 Å². The van der Waals surface area contributed by atoms with Crippen molar-refractivity contribution in [3.63, 3.8) is 0 Å². The van der Waals surface area contributed by atoms with Crippen LogP contribution in [-0.4, -0.2) is 36.1 Å². The number of anilines is 1. The second-order valence-electron chi connectivity index (χ2n) is 4.36. The van der Waals surface area contributed by atoms with Crippen molar-refractivity contribution in [2.45, 2.75) is 6.42 Å². The van der Waals surface area contributed by atoms with E-state index in [1.54, 1.807) is 6.07 Å². The summed E-state index contributed by atoms with van der Waals surface area (Å²) < 4.78 is 4.69. The summed E-state index contributed by atoms with van der Waals surface area (Å²) in [7, 11) is 1.34. The Labute approximate surface area is 114 Å². The number of hydrogen-bond donors (Lipinski definition) is 0. The highest BCUT2D eigenvalue weighted by Crippen LogP contribution is 2.26. The van der Waals surface area contributed by atoms with E-state index < -0.39 is 4.92 Å². The molecule has 1 fully saturated rings. The molecular formula is C12H12N4O4. The van der Waals surface area contributed by atoms with Crippen LogP contribution in [0.2, 0.25) is 0 Å². The van der Waals surface area contributed by atoms with Gasteiger partial charge in [0, 0.05) is 19.2 Å². The molecule has 8 heteroatoms. The first-order chi connectivity index (χ1) is 9.56. The molecule has 0 N–H and O–H groups in total. The molecule has 2 heterocycles. The van der Waals surface area contributed by atoms with Crippen molar-refractivity contribution in [1.29, 1.82) is 5.26 Å². The van der Waals surface area contributed by atoms with Gasteiger partial charge in [0.25, 0.3) is 0 Å². The van der Waals surface area contributed by atoms with Crippen LogP contribution in [0, 0.1) is 27.4 Å². The van der Waals surface area contributed by atoms with Crippen LogP contribution < -0.4 is 4.90 Å². The van der Waals surface area contributed by atoms with E-state index in [9.17, 15) is 14.9 Å². The van der Waals surface area contributed by atoms with Gasteiger partial charge in [-0.2, -0.15) is 5.26 Å². The average Bonchev–Trinajstić information content (AvgIpc) is 2.95. The molecule has 1 aromatic heterocycles. The zero-order chi connectivity index (χ0) is 14.7. The molecule has 0 radical (unpaired) electrons. The van der Waals surface area contributed by atoms with E-state index in [4.69, 9.17) is 5.26 Å². The third kappa shape index (κ3) is 2.51. The fourth-order valence-electron chi connectivity index (χ4n) is 2.17. The van der Waals surface area contributed by atoms with Crippen molar-refractivity contribution in [2.24, 2.45) is 5.92 Å². The monoisotopic (exact) mass is 276 g/mol. The summed E-state index contributed by atoms with van der Waals surface area (Å²) in [6.45, 7) is 1.03. The number of esters is 1. The van der Waals surface area contributed by atoms with Gasteiger partial charge in [0.2, 0.25) is 5.69 Å². The van der Waals surface area contributed by atoms with Crippen molar-refractivity contribution in [3.8, 4) is 6.07 Å². The molecule has 104 valence electrons. The maximum Gasteiger partial charge on any atom is 0.310 e. The predicted molar refractivity (Wildman–Crippen MR) is 67.9 cm³/mol. The standard InChI is InChI=1S/C12H12N4O4/c1-20-12(17)8-4-5-15(7-8)11-3-2-10(16(18)19)9(6-13)14-11/h2-3,8H,4-5,7H2,1H3. The molecule has 2 rings (SSSR count). The van der Waals surface area contributed by atoms with E-state index in [2.05, 4.69) is 9.72 Å². The van der Waals surface area contributed by atoms with Crippen molar-refractivity contribution in [3.05, 3.63) is 27.9 Å². The third-order valence-electron chi connectivity index (χ3n) is 3.21. The second-order valence-corrected chi connectivity index (χ2v) is 4.36. The highest BCUT2D eigenvalue weighted by atomic mass is 16.6. The van der Waals surface area contributed by atoms with E-state index in [0.29, 0.717) is 25.3 Å². The van der Waals surface area contributed by atoms with Gasteiger partial charge in [-0.15, -0.1) is 0 Å². The summed E-state index contributed by atoms with van der Waals surface area (Å²) in [6, 6.07) is 4.46. The predicted octanol–water partition coefficient (Wildman–Crippen LogP) is 0.861. The lowest BCUT2D eigenvalue weighted by atomic mass is 10.1. The lowest BCUT2D eigenvalue weighted by Gasteiger charge is -2.16. The van der Waals surface area contributed by atoms with Crippen LogP contribution >= 0.6 is 0 Å². The van der Waals surface area contributed by atoms with Crippen molar-refractivity contribution < 1.29 is 14.5 Å². The van der Waals surface area contributed by atoms with Crippen LogP contribution in [0.3, 0.4) is 0 Å². The summed E-state index contributed by atoms with van der Waals surface area (Å²) in [5.74, 6) is -0.0593. The SMILES string of the molecule is COC(=O)C1CCN(c2ccc([N+](=O)[O-])c(C#N)n2)C1. The lowest BCUT2D eigenvalue weighted by molar-refractivity contribution is -0.385. The first-order valence-electron chi connectivity index (χ1n) is 5.95. The highest BCUT2D eigenvalue weighted by molar-refractivity contribution is 5.74. The van der Waals surface area contributed by atoms with Crippen LogP contribution in [0.25, 0.3) is 0 Å². The van der Waals surface area contributed by atoms with E-state index in [1.807, 2.05) is 4.90 Å². The van der Waals surface area contributed by atoms with Gasteiger partial charge in [-0.3, -0.25) is 14.9 Å². The summed E-state index contributed by atoms with van der Waals surface area (Å²) in [5.41, 5.74) is -0.547. The number of pyridine rings is 1. The van der Waals surface area contributed by atoms with Crippen molar-refractivity contribution in [2.75, 3.05) is 25.1 Å². The number of ether oxygens (including phenoxy) is 1. The minimum Gasteiger partial charge on any atom is -0.469 e. The fraction of sp³-hybridized carbons (Fsp3) is 0.417.